The van der Waals surface area contributed by atoms with Crippen LogP contribution < -0.4 is 16.0 Å². The summed E-state index contributed by atoms with van der Waals surface area (Å²) < 4.78 is 7.90. The molecule has 6 heteroatoms. The fourth-order valence-corrected chi connectivity index (χ4v) is 2.26. The molecule has 1 heterocycles. The second kappa shape index (κ2) is 6.74. The highest BCUT2D eigenvalue weighted by Crippen LogP contribution is 2.14. The number of nitrogens with two attached hydrogens (primary N) is 1. The smallest absolute Gasteiger partial charge is 0.266 e. The summed E-state index contributed by atoms with van der Waals surface area (Å²) in [5.41, 5.74) is 6.35. The summed E-state index contributed by atoms with van der Waals surface area (Å²) >= 11 is 2.00. The van der Waals surface area contributed by atoms with Crippen LogP contribution in [0.25, 0.3) is 0 Å². The van der Waals surface area contributed by atoms with Crippen LogP contribution in [0.5, 0.6) is 5.75 Å². The number of nitrogen functional groups attached to an aromatic ring is 1. The Bertz CT molecular complexity index is 655. The number of halogens is 1. The van der Waals surface area contributed by atoms with Crippen molar-refractivity contribution in [2.24, 2.45) is 0 Å². The van der Waals surface area contributed by atoms with E-state index >= 15 is 0 Å². The first kappa shape index (κ1) is 14.8. The van der Waals surface area contributed by atoms with E-state index in [1.165, 1.54) is 0 Å². The average molecular weight is 385 g/mol. The fourth-order valence-electron chi connectivity index (χ4n) is 1.83. The van der Waals surface area contributed by atoms with E-state index in [0.29, 0.717) is 22.4 Å². The van der Waals surface area contributed by atoms with Crippen LogP contribution >= 0.6 is 22.6 Å². The minimum absolute atomic E-state index is 0.00190. The first-order valence-electron chi connectivity index (χ1n) is 6.28. The molecule has 106 valence electrons. The maximum atomic E-state index is 12.0. The van der Waals surface area contributed by atoms with Gasteiger partial charge in [-0.2, -0.15) is 0 Å². The summed E-state index contributed by atoms with van der Waals surface area (Å²) in [5, 5.41) is 0. The quantitative estimate of drug-likeness (QED) is 0.487. The van der Waals surface area contributed by atoms with Crippen LogP contribution in [0.4, 0.5) is 5.69 Å². The van der Waals surface area contributed by atoms with Gasteiger partial charge >= 0.3 is 0 Å². The number of ether oxygens (including phenoxy) is 1. The van der Waals surface area contributed by atoms with Gasteiger partial charge in [-0.15, -0.1) is 0 Å². The Hall–Kier alpha value is -1.57. The van der Waals surface area contributed by atoms with Crippen molar-refractivity contribution in [3.8, 4) is 5.75 Å². The first-order valence-corrected chi connectivity index (χ1v) is 7.36. The van der Waals surface area contributed by atoms with Gasteiger partial charge in [0.15, 0.2) is 0 Å². The Balaban J connectivity index is 1.91. The lowest BCUT2D eigenvalue weighted by Crippen LogP contribution is -2.26. The topological polar surface area (TPSA) is 70.1 Å². The van der Waals surface area contributed by atoms with Gasteiger partial charge in [0.1, 0.15) is 11.6 Å². The highest BCUT2D eigenvalue weighted by Gasteiger charge is 2.05. The van der Waals surface area contributed by atoms with Gasteiger partial charge < -0.3 is 10.5 Å². The number of hydrogen-bond acceptors (Lipinski definition) is 4. The predicted molar refractivity (Wildman–Crippen MR) is 86.9 cm³/mol. The summed E-state index contributed by atoms with van der Waals surface area (Å²) in [4.78, 5) is 16.1. The van der Waals surface area contributed by atoms with E-state index in [2.05, 4.69) is 4.98 Å². The zero-order valence-electron chi connectivity index (χ0n) is 11.2. The molecular weight excluding hydrogens is 369 g/mol. The zero-order chi connectivity index (χ0) is 14.5. The van der Waals surface area contributed by atoms with Gasteiger partial charge in [-0.05, 0) is 48.1 Å². The molecule has 2 aromatic rings. The second-order valence-corrected chi connectivity index (χ2v) is 5.55. The van der Waals surface area contributed by atoms with Crippen molar-refractivity contribution in [2.75, 3.05) is 12.3 Å². The maximum Gasteiger partial charge on any atom is 0.266 e. The molecule has 0 spiro atoms. The molecule has 0 unspecified atom stereocenters. The van der Waals surface area contributed by atoms with Gasteiger partial charge in [-0.3, -0.25) is 9.36 Å². The summed E-state index contributed by atoms with van der Waals surface area (Å²) in [6, 6.07) is 7.31. The monoisotopic (exact) mass is 385 g/mol. The van der Waals surface area contributed by atoms with Gasteiger partial charge in [0.05, 0.1) is 10.2 Å². The molecule has 0 aliphatic heterocycles. The van der Waals surface area contributed by atoms with Crippen LogP contribution in [0.3, 0.4) is 0 Å². The molecule has 0 radical (unpaired) electrons. The molecule has 0 saturated heterocycles. The molecular formula is C14H16IN3O2. The highest BCUT2D eigenvalue weighted by molar-refractivity contribution is 14.1. The lowest BCUT2D eigenvalue weighted by Gasteiger charge is -2.10. The molecule has 0 amide bonds. The molecule has 0 saturated carbocycles. The van der Waals surface area contributed by atoms with Crippen LogP contribution in [0.1, 0.15) is 12.2 Å². The van der Waals surface area contributed by atoms with Gasteiger partial charge in [-0.1, -0.05) is 6.07 Å². The second-order valence-electron chi connectivity index (χ2n) is 4.38. The van der Waals surface area contributed by atoms with Gasteiger partial charge in [0, 0.05) is 24.5 Å². The SMILES string of the molecule is Cc1ncc(I)c(=O)n1CCCOc1cccc(N)c1. The van der Waals surface area contributed by atoms with Crippen LogP contribution in [-0.4, -0.2) is 16.2 Å². The fraction of sp³-hybridized carbons (Fsp3) is 0.286. The van der Waals surface area contributed by atoms with E-state index in [9.17, 15) is 4.79 Å². The largest absolute Gasteiger partial charge is 0.493 e. The Morgan fingerprint density at radius 2 is 2.25 bits per heavy atom. The van der Waals surface area contributed by atoms with E-state index in [1.54, 1.807) is 16.8 Å². The van der Waals surface area contributed by atoms with E-state index in [4.69, 9.17) is 10.5 Å². The molecule has 0 aliphatic carbocycles. The van der Waals surface area contributed by atoms with Gasteiger partial charge in [-0.25, -0.2) is 4.98 Å². The van der Waals surface area contributed by atoms with Crippen LogP contribution in [-0.2, 0) is 6.54 Å². The molecule has 2 rings (SSSR count). The number of rotatable bonds is 5. The van der Waals surface area contributed by atoms with Crippen molar-refractivity contribution in [3.05, 3.63) is 50.2 Å². The van der Waals surface area contributed by atoms with E-state index in [0.717, 1.165) is 18.0 Å². The van der Waals surface area contributed by atoms with Crippen molar-refractivity contribution in [1.82, 2.24) is 9.55 Å². The normalized spacial score (nSPS) is 10.5. The zero-order valence-corrected chi connectivity index (χ0v) is 13.3. The first-order chi connectivity index (χ1) is 9.58. The molecule has 0 fully saturated rings. The standard InChI is InChI=1S/C14H16IN3O2/c1-10-17-9-13(15)14(19)18(10)6-3-7-20-12-5-2-4-11(16)8-12/h2,4-5,8-9H,3,6-7,16H2,1H3. The van der Waals surface area contributed by atoms with Crippen molar-refractivity contribution in [3.63, 3.8) is 0 Å². The third kappa shape index (κ3) is 3.72. The van der Waals surface area contributed by atoms with Crippen molar-refractivity contribution >= 4 is 28.3 Å². The van der Waals surface area contributed by atoms with Crippen molar-refractivity contribution in [1.29, 1.82) is 0 Å². The highest BCUT2D eigenvalue weighted by atomic mass is 127. The maximum absolute atomic E-state index is 12.0. The third-order valence-electron chi connectivity index (χ3n) is 2.86. The Kier molecular flexibility index (Phi) is 4.99. The number of anilines is 1. The Morgan fingerprint density at radius 3 is 3.00 bits per heavy atom. The number of aromatic nitrogens is 2. The summed E-state index contributed by atoms with van der Waals surface area (Å²) in [6.45, 7) is 2.95. The minimum Gasteiger partial charge on any atom is -0.493 e. The summed E-state index contributed by atoms with van der Waals surface area (Å²) in [5.74, 6) is 1.47. The van der Waals surface area contributed by atoms with E-state index in [-0.39, 0.29) is 5.56 Å². The molecule has 2 N–H and O–H groups in total. The number of nitrogens with zero attached hydrogens (tertiary/aromatic N) is 2. The van der Waals surface area contributed by atoms with Crippen LogP contribution in [0.15, 0.2) is 35.3 Å². The number of benzene rings is 1. The Labute approximate surface area is 130 Å². The van der Waals surface area contributed by atoms with E-state index < -0.39 is 0 Å². The van der Waals surface area contributed by atoms with Gasteiger partial charge in [0.2, 0.25) is 0 Å². The predicted octanol–water partition coefficient (Wildman–Crippen LogP) is 2.21. The molecule has 5 nitrogen and oxygen atoms in total. The number of hydrogen-bond donors (Lipinski definition) is 1. The van der Waals surface area contributed by atoms with Gasteiger partial charge in [0.25, 0.3) is 5.56 Å². The van der Waals surface area contributed by atoms with Crippen LogP contribution in [0, 0.1) is 10.5 Å². The Morgan fingerprint density at radius 1 is 1.45 bits per heavy atom. The summed E-state index contributed by atoms with van der Waals surface area (Å²) in [6.07, 6.45) is 2.33. The molecule has 1 aromatic carbocycles. The molecule has 0 atom stereocenters. The van der Waals surface area contributed by atoms with Crippen molar-refractivity contribution in [2.45, 2.75) is 19.9 Å². The lowest BCUT2D eigenvalue weighted by molar-refractivity contribution is 0.300. The average Bonchev–Trinajstić information content (AvgIpc) is 2.42. The summed E-state index contributed by atoms with van der Waals surface area (Å²) in [7, 11) is 0. The van der Waals surface area contributed by atoms with E-state index in [1.807, 2.05) is 47.7 Å². The third-order valence-corrected chi connectivity index (χ3v) is 3.60. The molecule has 0 aliphatic rings. The lowest BCUT2D eigenvalue weighted by atomic mass is 10.3. The van der Waals surface area contributed by atoms with Crippen LogP contribution in [0.2, 0.25) is 0 Å². The number of aryl methyl sites for hydroxylation is 1. The van der Waals surface area contributed by atoms with Crippen molar-refractivity contribution < 1.29 is 4.74 Å². The minimum atomic E-state index is 0.00190. The molecule has 20 heavy (non-hydrogen) atoms. The molecule has 1 aromatic heterocycles. The molecule has 0 bridgehead atoms.